The first-order chi connectivity index (χ1) is 8.70. The van der Waals surface area contributed by atoms with Crippen LogP contribution < -0.4 is 5.32 Å². The molecular formula is C11H13NO6S. The van der Waals surface area contributed by atoms with Crippen LogP contribution in [0.4, 0.5) is 0 Å². The van der Waals surface area contributed by atoms with Gasteiger partial charge in [0, 0.05) is 0 Å². The molecule has 1 aliphatic heterocycles. The summed E-state index contributed by atoms with van der Waals surface area (Å²) in [5, 5.41) is 10.5. The van der Waals surface area contributed by atoms with E-state index in [1.165, 1.54) is 12.1 Å². The Labute approximate surface area is 110 Å². The van der Waals surface area contributed by atoms with Gasteiger partial charge in [-0.25, -0.2) is 0 Å². The number of aryl methyl sites for hydroxylation is 1. The largest absolute Gasteiger partial charge is 0.383 e. The van der Waals surface area contributed by atoms with Crippen molar-refractivity contribution in [3.8, 4) is 0 Å². The standard InChI is InChI=1S/C7H8O3S.C4H5NO3/c1-6-2-4-7(5-3-6)11(8,9)10;6-2-1-3(7)5-4(2)8/h2-5H,1H3,(H,8,9,10);2,6H,1H2,(H,5,7,8). The summed E-state index contributed by atoms with van der Waals surface area (Å²) in [7, 11) is -4.02. The summed E-state index contributed by atoms with van der Waals surface area (Å²) >= 11 is 0. The van der Waals surface area contributed by atoms with Crippen molar-refractivity contribution in [1.29, 1.82) is 0 Å². The number of rotatable bonds is 1. The highest BCUT2D eigenvalue weighted by Gasteiger charge is 2.27. The van der Waals surface area contributed by atoms with Gasteiger partial charge in [0.15, 0.2) is 0 Å². The lowest BCUT2D eigenvalue weighted by atomic mass is 10.2. The molecule has 2 rings (SSSR count). The normalized spacial score (nSPS) is 18.6. The fraction of sp³-hybridized carbons (Fsp3) is 0.273. The molecule has 0 bridgehead atoms. The molecule has 0 saturated carbocycles. The molecular weight excluding hydrogens is 274 g/mol. The maximum atomic E-state index is 10.5. The summed E-state index contributed by atoms with van der Waals surface area (Å²) in [6.45, 7) is 1.84. The molecule has 1 aromatic carbocycles. The van der Waals surface area contributed by atoms with Crippen LogP contribution in [0.1, 0.15) is 12.0 Å². The minimum Gasteiger partial charge on any atom is -0.383 e. The average molecular weight is 287 g/mol. The third-order valence-corrected chi connectivity index (χ3v) is 3.13. The Balaban J connectivity index is 0.000000200. The third-order valence-electron chi connectivity index (χ3n) is 2.26. The van der Waals surface area contributed by atoms with Gasteiger partial charge < -0.3 is 5.11 Å². The van der Waals surface area contributed by atoms with Crippen LogP contribution in [0.5, 0.6) is 0 Å². The van der Waals surface area contributed by atoms with Crippen molar-refractivity contribution in [2.75, 3.05) is 0 Å². The van der Waals surface area contributed by atoms with Crippen LogP contribution in [-0.2, 0) is 19.7 Å². The van der Waals surface area contributed by atoms with Crippen LogP contribution in [0.2, 0.25) is 0 Å². The average Bonchev–Trinajstić information content (AvgIpc) is 2.56. The van der Waals surface area contributed by atoms with Crippen LogP contribution in [0, 0.1) is 6.92 Å². The fourth-order valence-electron chi connectivity index (χ4n) is 1.25. The van der Waals surface area contributed by atoms with Gasteiger partial charge in [-0.05, 0) is 19.1 Å². The smallest absolute Gasteiger partial charge is 0.294 e. The quantitative estimate of drug-likeness (QED) is 0.479. The second kappa shape index (κ2) is 5.91. The Bertz CT molecular complexity index is 578. The van der Waals surface area contributed by atoms with Gasteiger partial charge in [-0.2, -0.15) is 8.42 Å². The van der Waals surface area contributed by atoms with Gasteiger partial charge in [0.1, 0.15) is 6.10 Å². The van der Waals surface area contributed by atoms with Crippen molar-refractivity contribution < 1.29 is 27.7 Å². The summed E-state index contributed by atoms with van der Waals surface area (Å²) in [4.78, 5) is 20.3. The van der Waals surface area contributed by atoms with Gasteiger partial charge in [0.05, 0.1) is 11.3 Å². The van der Waals surface area contributed by atoms with Crippen molar-refractivity contribution in [1.82, 2.24) is 5.32 Å². The molecule has 19 heavy (non-hydrogen) atoms. The van der Waals surface area contributed by atoms with E-state index in [1.54, 1.807) is 12.1 Å². The molecule has 1 atom stereocenters. The number of imide groups is 1. The van der Waals surface area contributed by atoms with E-state index in [-0.39, 0.29) is 11.3 Å². The Hall–Kier alpha value is -1.77. The molecule has 1 saturated heterocycles. The molecule has 1 heterocycles. The predicted octanol–water partition coefficient (Wildman–Crippen LogP) is -0.364. The van der Waals surface area contributed by atoms with E-state index in [0.717, 1.165) is 5.56 Å². The lowest BCUT2D eigenvalue weighted by Crippen LogP contribution is -2.24. The van der Waals surface area contributed by atoms with E-state index in [0.29, 0.717) is 0 Å². The minimum absolute atomic E-state index is 0.0666. The molecule has 0 aliphatic carbocycles. The van der Waals surface area contributed by atoms with E-state index >= 15 is 0 Å². The Morgan fingerprint density at radius 3 is 2.00 bits per heavy atom. The van der Waals surface area contributed by atoms with Gasteiger partial charge in [0.2, 0.25) is 5.91 Å². The molecule has 0 aromatic heterocycles. The van der Waals surface area contributed by atoms with Crippen LogP contribution >= 0.6 is 0 Å². The van der Waals surface area contributed by atoms with Gasteiger partial charge in [0.25, 0.3) is 16.0 Å². The second-order valence-corrected chi connectivity index (χ2v) is 5.34. The highest BCUT2D eigenvalue weighted by Crippen LogP contribution is 2.08. The van der Waals surface area contributed by atoms with E-state index in [1.807, 2.05) is 12.2 Å². The molecule has 2 amide bonds. The van der Waals surface area contributed by atoms with Gasteiger partial charge in [-0.3, -0.25) is 19.5 Å². The van der Waals surface area contributed by atoms with Crippen molar-refractivity contribution in [3.05, 3.63) is 29.8 Å². The highest BCUT2D eigenvalue weighted by atomic mass is 32.2. The molecule has 8 heteroatoms. The van der Waals surface area contributed by atoms with Crippen LogP contribution in [0.25, 0.3) is 0 Å². The molecule has 104 valence electrons. The van der Waals surface area contributed by atoms with E-state index in [4.69, 9.17) is 9.66 Å². The highest BCUT2D eigenvalue weighted by molar-refractivity contribution is 7.85. The first-order valence-corrected chi connectivity index (χ1v) is 6.70. The summed E-state index contributed by atoms with van der Waals surface area (Å²) in [6.07, 6.45) is -1.19. The van der Waals surface area contributed by atoms with Crippen LogP contribution in [-0.4, -0.2) is 36.0 Å². The van der Waals surface area contributed by atoms with Gasteiger partial charge in [-0.1, -0.05) is 17.7 Å². The molecule has 0 radical (unpaired) electrons. The maximum absolute atomic E-state index is 10.5. The number of aliphatic hydroxyl groups is 1. The van der Waals surface area contributed by atoms with Crippen molar-refractivity contribution in [2.24, 2.45) is 0 Å². The monoisotopic (exact) mass is 287 g/mol. The zero-order valence-electron chi connectivity index (χ0n) is 10.0. The second-order valence-electron chi connectivity index (χ2n) is 3.92. The summed E-state index contributed by atoms with van der Waals surface area (Å²) in [5.41, 5.74) is 0.956. The Morgan fingerprint density at radius 2 is 1.74 bits per heavy atom. The van der Waals surface area contributed by atoms with Crippen LogP contribution in [0.15, 0.2) is 29.2 Å². The lowest BCUT2D eigenvalue weighted by Gasteiger charge is -1.95. The Kier molecular flexibility index (Phi) is 4.76. The topological polar surface area (TPSA) is 121 Å². The van der Waals surface area contributed by atoms with E-state index < -0.39 is 28.0 Å². The zero-order valence-corrected chi connectivity index (χ0v) is 10.8. The molecule has 1 unspecified atom stereocenters. The van der Waals surface area contributed by atoms with Crippen molar-refractivity contribution >= 4 is 21.9 Å². The van der Waals surface area contributed by atoms with E-state index in [9.17, 15) is 18.0 Å². The molecule has 3 N–H and O–H groups in total. The molecule has 1 aromatic rings. The molecule has 1 aliphatic rings. The number of amides is 2. The van der Waals surface area contributed by atoms with Gasteiger partial charge >= 0.3 is 0 Å². The fourth-order valence-corrected chi connectivity index (χ4v) is 1.73. The number of aliphatic hydroxyl groups excluding tert-OH is 1. The first kappa shape index (κ1) is 15.3. The number of hydrogen-bond donors (Lipinski definition) is 3. The molecule has 1 fully saturated rings. The number of carbonyl (C=O) groups is 2. The first-order valence-electron chi connectivity index (χ1n) is 5.26. The summed E-state index contributed by atoms with van der Waals surface area (Å²) < 4.78 is 29.6. The molecule has 0 spiro atoms. The van der Waals surface area contributed by atoms with Gasteiger partial charge in [-0.15, -0.1) is 0 Å². The zero-order chi connectivity index (χ0) is 14.6. The minimum atomic E-state index is -4.02. The lowest BCUT2D eigenvalue weighted by molar-refractivity contribution is -0.127. The SMILES string of the molecule is Cc1ccc(S(=O)(=O)O)cc1.O=C1CC(O)C(=O)N1. The third kappa shape index (κ3) is 4.78. The van der Waals surface area contributed by atoms with Crippen LogP contribution in [0.3, 0.4) is 0 Å². The molecule has 7 nitrogen and oxygen atoms in total. The summed E-state index contributed by atoms with van der Waals surface area (Å²) in [5.74, 6) is -0.988. The predicted molar refractivity (Wildman–Crippen MR) is 64.8 cm³/mol. The van der Waals surface area contributed by atoms with Crippen molar-refractivity contribution in [2.45, 2.75) is 24.3 Å². The number of carbonyl (C=O) groups excluding carboxylic acids is 2. The van der Waals surface area contributed by atoms with E-state index in [2.05, 4.69) is 0 Å². The number of nitrogens with one attached hydrogen (secondary N) is 1. The maximum Gasteiger partial charge on any atom is 0.294 e. The van der Waals surface area contributed by atoms with Crippen molar-refractivity contribution in [3.63, 3.8) is 0 Å². The summed E-state index contributed by atoms with van der Waals surface area (Å²) in [6, 6.07) is 5.99. The number of benzene rings is 1. The number of hydrogen-bond acceptors (Lipinski definition) is 5. The Morgan fingerprint density at radius 1 is 1.21 bits per heavy atom.